The SMILES string of the molecule is CC(C)C1c2[nH]c3ccccc3c2CCN1C(=O)[C@H]1CC[C@H](CN(C)C(=O)Cc2ccccc2)CC1. The number of rotatable bonds is 6. The standard InChI is InChI=1S/C31H39N3O2/c1-21(2)30-29-26(25-11-7-8-12-27(25)32-29)17-18-34(30)31(36)24-15-13-23(14-16-24)20-33(3)28(35)19-22-9-5-4-6-10-22/h4-12,21,23-24,30,32H,13-20H2,1-3H3/t23-,24-,30?. The largest absolute Gasteiger partial charge is 0.356 e. The Hall–Kier alpha value is -3.08. The molecule has 5 heteroatoms. The molecule has 2 heterocycles. The van der Waals surface area contributed by atoms with E-state index in [1.165, 1.54) is 22.2 Å². The Morgan fingerprint density at radius 1 is 1.00 bits per heavy atom. The average Bonchev–Trinajstić information content (AvgIpc) is 3.27. The summed E-state index contributed by atoms with van der Waals surface area (Å²) >= 11 is 0. The van der Waals surface area contributed by atoms with Gasteiger partial charge in [0.2, 0.25) is 11.8 Å². The molecule has 0 radical (unpaired) electrons. The third-order valence-corrected chi connectivity index (χ3v) is 8.35. The molecular formula is C31H39N3O2. The van der Waals surface area contributed by atoms with Gasteiger partial charge in [-0.15, -0.1) is 0 Å². The number of para-hydroxylation sites is 1. The Morgan fingerprint density at radius 2 is 1.69 bits per heavy atom. The predicted molar refractivity (Wildman–Crippen MR) is 145 cm³/mol. The van der Waals surface area contributed by atoms with E-state index in [-0.39, 0.29) is 17.9 Å². The van der Waals surface area contributed by atoms with Crippen LogP contribution in [0.2, 0.25) is 0 Å². The zero-order valence-corrected chi connectivity index (χ0v) is 21.9. The van der Waals surface area contributed by atoms with Crippen molar-refractivity contribution < 1.29 is 9.59 Å². The Kier molecular flexibility index (Phi) is 7.17. The van der Waals surface area contributed by atoms with Crippen LogP contribution in [0.3, 0.4) is 0 Å². The lowest BCUT2D eigenvalue weighted by atomic mass is 9.80. The number of amides is 2. The van der Waals surface area contributed by atoms with Gasteiger partial charge in [0.25, 0.3) is 0 Å². The summed E-state index contributed by atoms with van der Waals surface area (Å²) in [6.45, 7) is 6.03. The quantitative estimate of drug-likeness (QED) is 0.483. The van der Waals surface area contributed by atoms with Crippen molar-refractivity contribution in [3.05, 3.63) is 71.4 Å². The molecule has 2 aromatic carbocycles. The van der Waals surface area contributed by atoms with Gasteiger partial charge in [0.1, 0.15) is 0 Å². The normalized spacial score (nSPS) is 22.0. The lowest BCUT2D eigenvalue weighted by molar-refractivity contribution is -0.141. The van der Waals surface area contributed by atoms with E-state index in [0.717, 1.165) is 50.8 Å². The molecule has 3 aromatic rings. The molecule has 1 aliphatic heterocycles. The minimum absolute atomic E-state index is 0.0961. The number of nitrogens with one attached hydrogen (secondary N) is 1. The first kappa shape index (κ1) is 24.6. The molecule has 0 saturated heterocycles. The molecule has 1 aliphatic carbocycles. The fraction of sp³-hybridized carbons (Fsp3) is 0.484. The topological polar surface area (TPSA) is 56.4 Å². The summed E-state index contributed by atoms with van der Waals surface area (Å²) in [6.07, 6.45) is 5.23. The molecule has 1 fully saturated rings. The number of hydrogen-bond donors (Lipinski definition) is 1. The van der Waals surface area contributed by atoms with E-state index in [2.05, 4.69) is 48.0 Å². The van der Waals surface area contributed by atoms with Crippen molar-refractivity contribution in [2.45, 2.75) is 58.4 Å². The minimum atomic E-state index is 0.0961. The molecular weight excluding hydrogens is 446 g/mol. The summed E-state index contributed by atoms with van der Waals surface area (Å²) in [4.78, 5) is 34.2. The summed E-state index contributed by atoms with van der Waals surface area (Å²) in [5.74, 6) is 1.41. The molecule has 190 valence electrons. The number of nitrogens with zero attached hydrogens (tertiary/aromatic N) is 2. The second kappa shape index (κ2) is 10.5. The maximum Gasteiger partial charge on any atom is 0.226 e. The van der Waals surface area contributed by atoms with Crippen molar-refractivity contribution in [3.63, 3.8) is 0 Å². The highest BCUT2D eigenvalue weighted by atomic mass is 16.2. The third-order valence-electron chi connectivity index (χ3n) is 8.35. The van der Waals surface area contributed by atoms with Gasteiger partial charge in [0.15, 0.2) is 0 Å². The van der Waals surface area contributed by atoms with Gasteiger partial charge in [0, 0.05) is 42.7 Å². The van der Waals surface area contributed by atoms with Crippen LogP contribution < -0.4 is 0 Å². The van der Waals surface area contributed by atoms with Crippen LogP contribution in [0.5, 0.6) is 0 Å². The van der Waals surface area contributed by atoms with E-state index >= 15 is 0 Å². The van der Waals surface area contributed by atoms with Crippen LogP contribution in [0.15, 0.2) is 54.6 Å². The summed E-state index contributed by atoms with van der Waals surface area (Å²) in [5, 5.41) is 1.30. The summed E-state index contributed by atoms with van der Waals surface area (Å²) in [7, 11) is 1.92. The number of H-pyrrole nitrogens is 1. The van der Waals surface area contributed by atoms with Gasteiger partial charge < -0.3 is 14.8 Å². The van der Waals surface area contributed by atoms with Crippen LogP contribution in [-0.4, -0.2) is 46.7 Å². The summed E-state index contributed by atoms with van der Waals surface area (Å²) in [5.41, 5.74) is 4.86. The van der Waals surface area contributed by atoms with E-state index in [1.54, 1.807) is 0 Å². The second-order valence-electron chi connectivity index (χ2n) is 11.2. The molecule has 1 atom stereocenters. The van der Waals surface area contributed by atoms with E-state index in [1.807, 2.05) is 42.3 Å². The zero-order chi connectivity index (χ0) is 25.2. The van der Waals surface area contributed by atoms with Crippen LogP contribution >= 0.6 is 0 Å². The van der Waals surface area contributed by atoms with Gasteiger partial charge in [-0.1, -0.05) is 62.4 Å². The van der Waals surface area contributed by atoms with Crippen LogP contribution in [0.4, 0.5) is 0 Å². The van der Waals surface area contributed by atoms with Gasteiger partial charge in [-0.25, -0.2) is 0 Å². The number of aromatic amines is 1. The fourth-order valence-corrected chi connectivity index (χ4v) is 6.43. The van der Waals surface area contributed by atoms with Crippen LogP contribution in [-0.2, 0) is 22.4 Å². The number of fused-ring (bicyclic) bond motifs is 3. The van der Waals surface area contributed by atoms with Crippen molar-refractivity contribution in [3.8, 4) is 0 Å². The van der Waals surface area contributed by atoms with Crippen molar-refractivity contribution >= 4 is 22.7 Å². The number of likely N-dealkylation sites (N-methyl/N-ethyl adjacent to an activating group) is 1. The Morgan fingerprint density at radius 3 is 2.42 bits per heavy atom. The molecule has 2 aliphatic rings. The van der Waals surface area contributed by atoms with Crippen molar-refractivity contribution in [2.75, 3.05) is 20.1 Å². The Bertz CT molecular complexity index is 1210. The molecule has 1 unspecified atom stereocenters. The van der Waals surface area contributed by atoms with Crippen molar-refractivity contribution in [1.82, 2.24) is 14.8 Å². The number of benzene rings is 2. The van der Waals surface area contributed by atoms with E-state index in [0.29, 0.717) is 24.2 Å². The van der Waals surface area contributed by atoms with Gasteiger partial charge in [-0.05, 0) is 61.1 Å². The molecule has 2 amide bonds. The van der Waals surface area contributed by atoms with Crippen LogP contribution in [0.1, 0.15) is 62.4 Å². The number of carbonyl (C=O) groups is 2. The molecule has 1 N–H and O–H groups in total. The second-order valence-corrected chi connectivity index (χ2v) is 11.2. The zero-order valence-electron chi connectivity index (χ0n) is 21.9. The lowest BCUT2D eigenvalue weighted by Gasteiger charge is -2.41. The first-order valence-electron chi connectivity index (χ1n) is 13.6. The first-order chi connectivity index (χ1) is 17.4. The van der Waals surface area contributed by atoms with E-state index < -0.39 is 0 Å². The average molecular weight is 486 g/mol. The van der Waals surface area contributed by atoms with Gasteiger partial charge >= 0.3 is 0 Å². The smallest absolute Gasteiger partial charge is 0.226 e. The van der Waals surface area contributed by atoms with Crippen molar-refractivity contribution in [2.24, 2.45) is 17.8 Å². The maximum atomic E-state index is 13.8. The van der Waals surface area contributed by atoms with Gasteiger partial charge in [-0.2, -0.15) is 0 Å². The highest BCUT2D eigenvalue weighted by Gasteiger charge is 2.38. The van der Waals surface area contributed by atoms with Gasteiger partial charge in [-0.3, -0.25) is 9.59 Å². The van der Waals surface area contributed by atoms with Crippen LogP contribution in [0, 0.1) is 17.8 Å². The van der Waals surface area contributed by atoms with Crippen molar-refractivity contribution in [1.29, 1.82) is 0 Å². The van der Waals surface area contributed by atoms with Crippen LogP contribution in [0.25, 0.3) is 10.9 Å². The third kappa shape index (κ3) is 4.93. The molecule has 5 rings (SSSR count). The highest BCUT2D eigenvalue weighted by molar-refractivity contribution is 5.86. The van der Waals surface area contributed by atoms with Gasteiger partial charge in [0.05, 0.1) is 12.5 Å². The monoisotopic (exact) mass is 485 g/mol. The fourth-order valence-electron chi connectivity index (χ4n) is 6.43. The molecule has 1 saturated carbocycles. The minimum Gasteiger partial charge on any atom is -0.356 e. The maximum absolute atomic E-state index is 13.8. The molecule has 0 bridgehead atoms. The predicted octanol–water partition coefficient (Wildman–Crippen LogP) is 5.76. The lowest BCUT2D eigenvalue weighted by Crippen LogP contribution is -2.46. The van der Waals surface area contributed by atoms with E-state index in [4.69, 9.17) is 0 Å². The Labute approximate surface area is 214 Å². The summed E-state index contributed by atoms with van der Waals surface area (Å²) in [6, 6.07) is 18.6. The molecule has 0 spiro atoms. The molecule has 1 aromatic heterocycles. The molecule has 36 heavy (non-hydrogen) atoms. The van der Waals surface area contributed by atoms with E-state index in [9.17, 15) is 9.59 Å². The summed E-state index contributed by atoms with van der Waals surface area (Å²) < 4.78 is 0. The first-order valence-corrected chi connectivity index (χ1v) is 13.6. The number of aromatic nitrogens is 1. The highest BCUT2D eigenvalue weighted by Crippen LogP contribution is 2.40. The molecule has 5 nitrogen and oxygen atoms in total. The number of carbonyl (C=O) groups excluding carboxylic acids is 2. The Balaban J connectivity index is 1.19. The number of hydrogen-bond acceptors (Lipinski definition) is 2.